The average Bonchev–Trinajstić information content (AvgIpc) is 3.14. The molecule has 3 saturated carbocycles. The number of fused-ring (bicyclic) bond motifs is 5. The topological polar surface area (TPSA) is 180 Å². The molecule has 5 aliphatic rings. The van der Waals surface area contributed by atoms with Gasteiger partial charge in [-0.05, 0) is 72.2 Å². The Labute approximate surface area is 249 Å². The van der Waals surface area contributed by atoms with Crippen molar-refractivity contribution in [3.63, 3.8) is 0 Å². The molecule has 0 aromatic heterocycles. The molecular formula is C32H54O10. The lowest BCUT2D eigenvalue weighted by molar-refractivity contribution is -0.280. The molecule has 1 heterocycles. The van der Waals surface area contributed by atoms with Crippen molar-refractivity contribution in [2.75, 3.05) is 13.2 Å². The Morgan fingerprint density at radius 2 is 1.67 bits per heavy atom. The second-order valence-electron chi connectivity index (χ2n) is 15.0. The van der Waals surface area contributed by atoms with Crippen LogP contribution >= 0.6 is 0 Å². The molecular weight excluding hydrogens is 544 g/mol. The highest BCUT2D eigenvalue weighted by atomic mass is 16.7. The second-order valence-corrected chi connectivity index (χ2v) is 15.0. The van der Waals surface area contributed by atoms with Gasteiger partial charge >= 0.3 is 0 Å². The monoisotopic (exact) mass is 598 g/mol. The van der Waals surface area contributed by atoms with Crippen LogP contribution in [0.4, 0.5) is 0 Å². The zero-order valence-electron chi connectivity index (χ0n) is 25.5. The van der Waals surface area contributed by atoms with Crippen LogP contribution in [-0.4, -0.2) is 109 Å². The van der Waals surface area contributed by atoms with Crippen LogP contribution in [0.1, 0.15) is 79.1 Å². The van der Waals surface area contributed by atoms with Crippen molar-refractivity contribution >= 4 is 0 Å². The predicted molar refractivity (Wildman–Crippen MR) is 153 cm³/mol. The molecule has 16 atom stereocenters. The molecule has 8 N–H and O–H groups in total. The van der Waals surface area contributed by atoms with Gasteiger partial charge in [-0.3, -0.25) is 0 Å². The third-order valence-electron chi connectivity index (χ3n) is 12.3. The molecule has 10 nitrogen and oxygen atoms in total. The maximum Gasteiger partial charge on any atom is 0.186 e. The summed E-state index contributed by atoms with van der Waals surface area (Å²) >= 11 is 0. The number of ether oxygens (including phenoxy) is 2. The molecule has 4 unspecified atom stereocenters. The number of aliphatic hydroxyl groups excluding tert-OH is 7. The fraction of sp³-hybridized carbons (Fsp3) is 0.938. The normalized spacial score (nSPS) is 52.1. The molecule has 10 heteroatoms. The summed E-state index contributed by atoms with van der Waals surface area (Å²) in [4.78, 5) is 0. The Hall–Kier alpha value is -0.660. The fourth-order valence-electron chi connectivity index (χ4n) is 10.2. The summed E-state index contributed by atoms with van der Waals surface area (Å²) in [6.45, 7) is 8.32. The smallest absolute Gasteiger partial charge is 0.186 e. The Balaban J connectivity index is 1.36. The molecule has 4 aliphatic carbocycles. The van der Waals surface area contributed by atoms with Crippen LogP contribution in [0.3, 0.4) is 0 Å². The first-order valence-corrected chi connectivity index (χ1v) is 16.1. The van der Waals surface area contributed by atoms with Crippen molar-refractivity contribution in [3.8, 4) is 0 Å². The van der Waals surface area contributed by atoms with E-state index in [4.69, 9.17) is 9.47 Å². The first-order valence-electron chi connectivity index (χ1n) is 16.1. The van der Waals surface area contributed by atoms with Gasteiger partial charge in [0.2, 0.25) is 0 Å². The van der Waals surface area contributed by atoms with Crippen LogP contribution in [0.2, 0.25) is 0 Å². The molecule has 0 aromatic rings. The summed E-state index contributed by atoms with van der Waals surface area (Å²) in [5.41, 5.74) is -1.64. The first kappa shape index (κ1) is 32.7. The van der Waals surface area contributed by atoms with Crippen LogP contribution in [0.15, 0.2) is 11.6 Å². The standard InChI is InChI=1S/C32H54O10/c1-16(14-33)6-5-7-17(2)23-25(37)26(38)28-31(23,4)11-9-22-30(3)10-8-18(12-19(30)20(34)13-32(22,28)40)42-29-27(39)24(36)21(35)15-41-29/h12,16-18,20-29,33-40H,5-11,13-15H2,1-4H3/t16?,17-,18+,20-,21-,22?,23+,24+,25-,26?,27-,28?,29+,30+,31-,32+/m1/s1. The van der Waals surface area contributed by atoms with E-state index in [1.807, 2.05) is 13.0 Å². The summed E-state index contributed by atoms with van der Waals surface area (Å²) in [5, 5.41) is 86.7. The molecule has 0 aromatic carbocycles. The largest absolute Gasteiger partial charge is 0.396 e. The molecule has 0 spiro atoms. The van der Waals surface area contributed by atoms with Crippen molar-refractivity contribution in [2.45, 2.75) is 134 Å². The lowest BCUT2D eigenvalue weighted by Gasteiger charge is -2.64. The van der Waals surface area contributed by atoms with E-state index in [2.05, 4.69) is 20.8 Å². The van der Waals surface area contributed by atoms with Gasteiger partial charge in [-0.15, -0.1) is 0 Å². The van der Waals surface area contributed by atoms with Crippen molar-refractivity contribution < 1.29 is 50.3 Å². The predicted octanol–water partition coefficient (Wildman–Crippen LogP) is 0.852. The highest BCUT2D eigenvalue weighted by Gasteiger charge is 2.72. The minimum Gasteiger partial charge on any atom is -0.396 e. The third kappa shape index (κ3) is 5.21. The lowest BCUT2D eigenvalue weighted by atomic mass is 9.43. The Bertz CT molecular complexity index is 992. The van der Waals surface area contributed by atoms with Gasteiger partial charge in [0, 0.05) is 18.9 Å². The first-order chi connectivity index (χ1) is 19.7. The third-order valence-corrected chi connectivity index (χ3v) is 12.3. The van der Waals surface area contributed by atoms with E-state index in [0.29, 0.717) is 19.3 Å². The quantitative estimate of drug-likeness (QED) is 0.187. The van der Waals surface area contributed by atoms with Gasteiger partial charge in [-0.25, -0.2) is 0 Å². The van der Waals surface area contributed by atoms with E-state index >= 15 is 0 Å². The zero-order chi connectivity index (χ0) is 30.8. The van der Waals surface area contributed by atoms with Crippen molar-refractivity contribution in [3.05, 3.63) is 11.6 Å². The van der Waals surface area contributed by atoms with Crippen LogP contribution < -0.4 is 0 Å². The van der Waals surface area contributed by atoms with E-state index in [0.717, 1.165) is 31.3 Å². The number of aliphatic hydroxyl groups is 8. The van der Waals surface area contributed by atoms with Crippen LogP contribution in [-0.2, 0) is 9.47 Å². The minimum absolute atomic E-state index is 0.0540. The number of rotatable bonds is 8. The zero-order valence-corrected chi connectivity index (χ0v) is 25.5. The van der Waals surface area contributed by atoms with Crippen molar-refractivity contribution in [1.82, 2.24) is 0 Å². The van der Waals surface area contributed by atoms with Gasteiger partial charge in [0.05, 0.1) is 36.6 Å². The maximum atomic E-state index is 12.6. The summed E-state index contributed by atoms with van der Waals surface area (Å²) < 4.78 is 11.4. The van der Waals surface area contributed by atoms with E-state index < -0.39 is 71.4 Å². The highest BCUT2D eigenvalue weighted by Crippen LogP contribution is 2.69. The van der Waals surface area contributed by atoms with Gasteiger partial charge in [0.1, 0.15) is 18.3 Å². The number of hydrogen-bond donors (Lipinski definition) is 8. The van der Waals surface area contributed by atoms with Gasteiger partial charge in [0.25, 0.3) is 0 Å². The molecule has 1 saturated heterocycles. The van der Waals surface area contributed by atoms with E-state index in [-0.39, 0.29) is 43.3 Å². The van der Waals surface area contributed by atoms with Gasteiger partial charge in [-0.2, -0.15) is 0 Å². The molecule has 242 valence electrons. The number of hydrogen-bond acceptors (Lipinski definition) is 10. The van der Waals surface area contributed by atoms with Crippen LogP contribution in [0, 0.1) is 40.4 Å². The van der Waals surface area contributed by atoms with E-state index in [1.54, 1.807) is 0 Å². The second kappa shape index (κ2) is 11.9. The fourth-order valence-corrected chi connectivity index (χ4v) is 10.2. The summed E-state index contributed by atoms with van der Waals surface area (Å²) in [6, 6.07) is 0. The molecule has 42 heavy (non-hydrogen) atoms. The van der Waals surface area contributed by atoms with Crippen LogP contribution in [0.25, 0.3) is 0 Å². The molecule has 1 aliphatic heterocycles. The van der Waals surface area contributed by atoms with E-state index in [1.165, 1.54) is 0 Å². The van der Waals surface area contributed by atoms with Gasteiger partial charge in [-0.1, -0.05) is 46.6 Å². The molecule has 0 amide bonds. The Kier molecular flexibility index (Phi) is 9.30. The molecule has 0 bridgehead atoms. The average molecular weight is 599 g/mol. The molecule has 0 radical (unpaired) electrons. The van der Waals surface area contributed by atoms with E-state index in [9.17, 15) is 40.9 Å². The molecule has 4 fully saturated rings. The molecule has 5 rings (SSSR count). The lowest BCUT2D eigenvalue weighted by Crippen LogP contribution is -2.66. The Morgan fingerprint density at radius 1 is 0.952 bits per heavy atom. The van der Waals surface area contributed by atoms with Crippen LogP contribution in [0.5, 0.6) is 0 Å². The summed E-state index contributed by atoms with van der Waals surface area (Å²) in [6.07, 6.45) is -1.38. The summed E-state index contributed by atoms with van der Waals surface area (Å²) in [5.74, 6) is -0.645. The minimum atomic E-state index is -1.40. The van der Waals surface area contributed by atoms with Crippen molar-refractivity contribution in [2.24, 2.45) is 40.4 Å². The summed E-state index contributed by atoms with van der Waals surface area (Å²) in [7, 11) is 0. The van der Waals surface area contributed by atoms with Crippen molar-refractivity contribution in [1.29, 1.82) is 0 Å². The maximum absolute atomic E-state index is 12.6. The van der Waals surface area contributed by atoms with Gasteiger partial charge < -0.3 is 50.3 Å². The van der Waals surface area contributed by atoms with Gasteiger partial charge in [0.15, 0.2) is 6.29 Å². The Morgan fingerprint density at radius 3 is 2.36 bits per heavy atom. The highest BCUT2D eigenvalue weighted by molar-refractivity contribution is 5.33. The SMILES string of the molecule is CC(CO)CCC[C@@H](C)[C@H]1[C@@H](O)C(O)C2[C@]3(O)C[C@@H](O)C4=C[C@@H](O[C@@H]5OC[C@@H](O)[C@H](O)[C@H]5O)CC[C@]4(C)C3CC[C@@]21C.